The summed E-state index contributed by atoms with van der Waals surface area (Å²) in [5.41, 5.74) is 1.85. The van der Waals surface area contributed by atoms with E-state index in [1.165, 1.54) is 0 Å². The first kappa shape index (κ1) is 8.10. The molecule has 1 aliphatic rings. The Kier molecular flexibility index (Phi) is 1.93. The van der Waals surface area contributed by atoms with Gasteiger partial charge >= 0.3 is 0 Å². The van der Waals surface area contributed by atoms with Crippen molar-refractivity contribution in [3.05, 3.63) is 24.3 Å². The van der Waals surface area contributed by atoms with Crippen LogP contribution >= 0.6 is 0 Å². The van der Waals surface area contributed by atoms with E-state index in [1.807, 2.05) is 24.3 Å². The van der Waals surface area contributed by atoms with Crippen LogP contribution in [0.2, 0.25) is 0 Å². The van der Waals surface area contributed by atoms with Gasteiger partial charge in [-0.2, -0.15) is 0 Å². The molecule has 0 atom stereocenters. The van der Waals surface area contributed by atoms with E-state index in [0.29, 0.717) is 13.1 Å². The Labute approximate surface area is 77.4 Å². The number of benzene rings is 1. The average molecular weight is 175 g/mol. The van der Waals surface area contributed by atoms with Crippen molar-refractivity contribution in [3.63, 3.8) is 0 Å². The van der Waals surface area contributed by atoms with Crippen molar-refractivity contribution in [2.75, 3.05) is 18.0 Å². The van der Waals surface area contributed by atoms with Crippen molar-refractivity contribution < 1.29 is 4.79 Å². The molecule has 0 N–H and O–H groups in total. The SMILES string of the molecule is CC(=O)N1CC[N]c2ccccc21. The van der Waals surface area contributed by atoms with Crippen LogP contribution in [-0.2, 0) is 4.79 Å². The Morgan fingerprint density at radius 1 is 1.46 bits per heavy atom. The van der Waals surface area contributed by atoms with Gasteiger partial charge in [0.2, 0.25) is 5.91 Å². The van der Waals surface area contributed by atoms with Gasteiger partial charge in [-0.05, 0) is 12.1 Å². The topological polar surface area (TPSA) is 34.4 Å². The summed E-state index contributed by atoms with van der Waals surface area (Å²) < 4.78 is 0. The van der Waals surface area contributed by atoms with E-state index in [2.05, 4.69) is 5.32 Å². The minimum atomic E-state index is 0.0855. The minimum absolute atomic E-state index is 0.0855. The standard InChI is InChI=1S/C10H11N2O/c1-8(13)12-7-6-11-9-4-2-3-5-10(9)12/h2-5H,6-7H2,1H3. The van der Waals surface area contributed by atoms with Gasteiger partial charge in [0.15, 0.2) is 0 Å². The van der Waals surface area contributed by atoms with Gasteiger partial charge < -0.3 is 4.90 Å². The molecule has 0 saturated carbocycles. The summed E-state index contributed by atoms with van der Waals surface area (Å²) in [5, 5.41) is 4.33. The predicted octanol–water partition coefficient (Wildman–Crippen LogP) is 1.29. The number of hydrogen-bond acceptors (Lipinski definition) is 1. The van der Waals surface area contributed by atoms with Crippen molar-refractivity contribution >= 4 is 17.3 Å². The number of fused-ring (bicyclic) bond motifs is 1. The number of amides is 1. The van der Waals surface area contributed by atoms with Crippen LogP contribution < -0.4 is 10.2 Å². The van der Waals surface area contributed by atoms with E-state index >= 15 is 0 Å². The molecule has 13 heavy (non-hydrogen) atoms. The normalized spacial score (nSPS) is 14.7. The maximum Gasteiger partial charge on any atom is 0.223 e. The highest BCUT2D eigenvalue weighted by molar-refractivity contribution is 5.95. The van der Waals surface area contributed by atoms with E-state index in [9.17, 15) is 4.79 Å². The number of para-hydroxylation sites is 2. The Hall–Kier alpha value is -1.51. The van der Waals surface area contributed by atoms with E-state index in [1.54, 1.807) is 11.8 Å². The molecule has 3 heteroatoms. The molecule has 1 aliphatic heterocycles. The van der Waals surface area contributed by atoms with E-state index in [-0.39, 0.29) is 5.91 Å². The lowest BCUT2D eigenvalue weighted by molar-refractivity contribution is -0.116. The van der Waals surface area contributed by atoms with Crippen LogP contribution in [0.3, 0.4) is 0 Å². The lowest BCUT2D eigenvalue weighted by Crippen LogP contribution is -2.36. The van der Waals surface area contributed by atoms with Gasteiger partial charge in [0.05, 0.1) is 17.9 Å². The smallest absolute Gasteiger partial charge is 0.223 e. The molecule has 1 amide bonds. The van der Waals surface area contributed by atoms with Crippen molar-refractivity contribution in [2.24, 2.45) is 0 Å². The highest BCUT2D eigenvalue weighted by Crippen LogP contribution is 2.28. The molecule has 1 radical (unpaired) electrons. The first-order chi connectivity index (χ1) is 6.29. The predicted molar refractivity (Wildman–Crippen MR) is 51.1 cm³/mol. The Balaban J connectivity index is 2.42. The maximum atomic E-state index is 11.2. The quantitative estimate of drug-likeness (QED) is 0.585. The van der Waals surface area contributed by atoms with Gasteiger partial charge in [-0.15, -0.1) is 0 Å². The fourth-order valence-electron chi connectivity index (χ4n) is 1.54. The molecule has 2 rings (SSSR count). The van der Waals surface area contributed by atoms with Gasteiger partial charge in [0, 0.05) is 13.5 Å². The third-order valence-corrected chi connectivity index (χ3v) is 2.16. The highest BCUT2D eigenvalue weighted by atomic mass is 16.2. The molecule has 1 aromatic rings. The molecule has 1 aromatic carbocycles. The van der Waals surface area contributed by atoms with Crippen molar-refractivity contribution in [2.45, 2.75) is 6.92 Å². The van der Waals surface area contributed by atoms with Crippen molar-refractivity contribution in [1.82, 2.24) is 5.32 Å². The molecular formula is C10H11N2O. The van der Waals surface area contributed by atoms with Gasteiger partial charge in [-0.3, -0.25) is 10.1 Å². The fraction of sp³-hybridized carbons (Fsp3) is 0.300. The highest BCUT2D eigenvalue weighted by Gasteiger charge is 2.19. The van der Waals surface area contributed by atoms with Gasteiger partial charge in [0.25, 0.3) is 0 Å². The number of rotatable bonds is 0. The van der Waals surface area contributed by atoms with E-state index in [0.717, 1.165) is 11.4 Å². The zero-order valence-electron chi connectivity index (χ0n) is 7.53. The first-order valence-electron chi connectivity index (χ1n) is 4.33. The van der Waals surface area contributed by atoms with E-state index < -0.39 is 0 Å². The zero-order valence-corrected chi connectivity index (χ0v) is 7.53. The lowest BCUT2D eigenvalue weighted by atomic mass is 10.2. The summed E-state index contributed by atoms with van der Waals surface area (Å²) in [6.45, 7) is 2.99. The number of hydrogen-bond donors (Lipinski definition) is 0. The number of anilines is 1. The molecule has 0 bridgehead atoms. The van der Waals surface area contributed by atoms with Crippen LogP contribution in [0.15, 0.2) is 24.3 Å². The largest absolute Gasteiger partial charge is 0.309 e. The van der Waals surface area contributed by atoms with Crippen molar-refractivity contribution in [1.29, 1.82) is 0 Å². The molecule has 0 aromatic heterocycles. The molecule has 0 aliphatic carbocycles. The van der Waals surface area contributed by atoms with Crippen LogP contribution in [0.1, 0.15) is 6.92 Å². The van der Waals surface area contributed by atoms with Crippen LogP contribution in [0, 0.1) is 0 Å². The second kappa shape index (κ2) is 3.09. The van der Waals surface area contributed by atoms with Gasteiger partial charge in [0.1, 0.15) is 0 Å². The minimum Gasteiger partial charge on any atom is -0.309 e. The fourth-order valence-corrected chi connectivity index (χ4v) is 1.54. The van der Waals surface area contributed by atoms with Crippen LogP contribution in [-0.4, -0.2) is 19.0 Å². The zero-order chi connectivity index (χ0) is 9.26. The molecule has 0 saturated heterocycles. The summed E-state index contributed by atoms with van der Waals surface area (Å²) in [4.78, 5) is 13.0. The van der Waals surface area contributed by atoms with Crippen LogP contribution in [0.25, 0.3) is 0 Å². The first-order valence-corrected chi connectivity index (χ1v) is 4.33. The summed E-state index contributed by atoms with van der Waals surface area (Å²) in [6.07, 6.45) is 0. The summed E-state index contributed by atoms with van der Waals surface area (Å²) in [7, 11) is 0. The molecule has 1 heterocycles. The monoisotopic (exact) mass is 175 g/mol. The van der Waals surface area contributed by atoms with Crippen LogP contribution in [0.5, 0.6) is 0 Å². The average Bonchev–Trinajstić information content (AvgIpc) is 2.17. The second-order valence-electron chi connectivity index (χ2n) is 3.04. The lowest BCUT2D eigenvalue weighted by Gasteiger charge is -2.27. The second-order valence-corrected chi connectivity index (χ2v) is 3.04. The number of carbonyl (C=O) groups is 1. The molecule has 67 valence electrons. The molecule has 0 fully saturated rings. The Bertz CT molecular complexity index is 335. The number of carbonyl (C=O) groups excluding carboxylic acids is 1. The number of nitrogens with zero attached hydrogens (tertiary/aromatic N) is 2. The Morgan fingerprint density at radius 2 is 2.23 bits per heavy atom. The summed E-state index contributed by atoms with van der Waals surface area (Å²) in [6, 6.07) is 7.73. The van der Waals surface area contributed by atoms with E-state index in [4.69, 9.17) is 0 Å². The third kappa shape index (κ3) is 1.37. The van der Waals surface area contributed by atoms with Gasteiger partial charge in [-0.1, -0.05) is 12.1 Å². The third-order valence-electron chi connectivity index (χ3n) is 2.16. The van der Waals surface area contributed by atoms with Crippen molar-refractivity contribution in [3.8, 4) is 0 Å². The summed E-state index contributed by atoms with van der Waals surface area (Å²) in [5.74, 6) is 0.0855. The Morgan fingerprint density at radius 3 is 3.00 bits per heavy atom. The molecule has 0 spiro atoms. The molecular weight excluding hydrogens is 164 g/mol. The maximum absolute atomic E-state index is 11.2. The molecule has 0 unspecified atom stereocenters. The van der Waals surface area contributed by atoms with Crippen LogP contribution in [0.4, 0.5) is 11.4 Å². The van der Waals surface area contributed by atoms with Gasteiger partial charge in [-0.25, -0.2) is 0 Å². The molecule has 3 nitrogen and oxygen atoms in total. The summed E-state index contributed by atoms with van der Waals surface area (Å²) >= 11 is 0.